The third-order valence-corrected chi connectivity index (χ3v) is 6.09. The van der Waals surface area contributed by atoms with Crippen molar-refractivity contribution >= 4 is 5.97 Å². The lowest BCUT2D eigenvalue weighted by Gasteiger charge is -2.45. The van der Waals surface area contributed by atoms with Crippen molar-refractivity contribution in [3.63, 3.8) is 0 Å². The van der Waals surface area contributed by atoms with Gasteiger partial charge >= 0.3 is 5.97 Å². The zero-order valence-electron chi connectivity index (χ0n) is 15.1. The molecule has 0 radical (unpaired) electrons. The van der Waals surface area contributed by atoms with Crippen molar-refractivity contribution < 1.29 is 19.4 Å². The van der Waals surface area contributed by atoms with Gasteiger partial charge in [-0.2, -0.15) is 0 Å². The molecule has 6 atom stereocenters. The van der Waals surface area contributed by atoms with E-state index in [1.165, 1.54) is 5.57 Å². The number of hydrogen-bond acceptors (Lipinski definition) is 4. The standard InChI is InChI=1S/C20H30O4/c1-12-7-5-9-13(2)17-18-15(14(3)19(21)24-18)11-16(23-17)20(4,22)10-6-8-12/h8,13,15-18,22H,3,5-7,9-11H2,1-2,4H3/b12-8-. The second-order valence-electron chi connectivity index (χ2n) is 8.14. The van der Waals surface area contributed by atoms with E-state index in [0.717, 1.165) is 25.7 Å². The molecule has 3 aliphatic heterocycles. The Morgan fingerprint density at radius 2 is 2.12 bits per heavy atom. The molecule has 2 saturated heterocycles. The van der Waals surface area contributed by atoms with Crippen LogP contribution in [0.3, 0.4) is 0 Å². The van der Waals surface area contributed by atoms with Gasteiger partial charge in [-0.05, 0) is 58.3 Å². The number of ether oxygens (including phenoxy) is 2. The molecule has 4 heteroatoms. The molecule has 3 aliphatic rings. The normalized spacial score (nSPS) is 46.2. The molecule has 134 valence electrons. The predicted octanol–water partition coefficient (Wildman–Crippen LogP) is 3.54. The van der Waals surface area contributed by atoms with Gasteiger partial charge in [0.25, 0.3) is 0 Å². The Balaban J connectivity index is 1.90. The first-order valence-corrected chi connectivity index (χ1v) is 9.23. The highest BCUT2D eigenvalue weighted by Crippen LogP contribution is 2.44. The molecular weight excluding hydrogens is 304 g/mol. The summed E-state index contributed by atoms with van der Waals surface area (Å²) in [6.07, 6.45) is 6.87. The Labute approximate surface area is 144 Å². The zero-order chi connectivity index (χ0) is 17.5. The van der Waals surface area contributed by atoms with Crippen molar-refractivity contribution in [2.75, 3.05) is 0 Å². The first kappa shape index (κ1) is 17.7. The number of esters is 1. The molecule has 6 unspecified atom stereocenters. The third-order valence-electron chi connectivity index (χ3n) is 6.09. The molecule has 3 heterocycles. The van der Waals surface area contributed by atoms with E-state index in [-0.39, 0.29) is 36.1 Å². The summed E-state index contributed by atoms with van der Waals surface area (Å²) >= 11 is 0. The fourth-order valence-electron chi connectivity index (χ4n) is 4.36. The molecule has 1 N–H and O–H groups in total. The van der Waals surface area contributed by atoms with Crippen LogP contribution in [0.25, 0.3) is 0 Å². The van der Waals surface area contributed by atoms with Gasteiger partial charge in [0.2, 0.25) is 0 Å². The van der Waals surface area contributed by atoms with Crippen LogP contribution in [0.4, 0.5) is 0 Å². The maximum Gasteiger partial charge on any atom is 0.334 e. The summed E-state index contributed by atoms with van der Waals surface area (Å²) in [6.45, 7) is 10.1. The van der Waals surface area contributed by atoms with E-state index in [4.69, 9.17) is 9.47 Å². The Hall–Kier alpha value is -1.13. The Morgan fingerprint density at radius 1 is 1.38 bits per heavy atom. The minimum Gasteiger partial charge on any atom is -0.456 e. The van der Waals surface area contributed by atoms with Crippen LogP contribution in [0.1, 0.15) is 59.3 Å². The molecule has 0 amide bonds. The Morgan fingerprint density at radius 3 is 2.88 bits per heavy atom. The maximum absolute atomic E-state index is 12.0. The second-order valence-corrected chi connectivity index (χ2v) is 8.14. The van der Waals surface area contributed by atoms with Gasteiger partial charge in [0.15, 0.2) is 0 Å². The monoisotopic (exact) mass is 334 g/mol. The van der Waals surface area contributed by atoms with Gasteiger partial charge < -0.3 is 14.6 Å². The minimum atomic E-state index is -0.912. The lowest BCUT2D eigenvalue weighted by molar-refractivity contribution is -0.208. The lowest BCUT2D eigenvalue weighted by atomic mass is 9.76. The number of hydrogen-bond donors (Lipinski definition) is 1. The van der Waals surface area contributed by atoms with Crippen molar-refractivity contribution in [2.24, 2.45) is 11.8 Å². The molecule has 3 rings (SSSR count). The summed E-state index contributed by atoms with van der Waals surface area (Å²) < 4.78 is 11.9. The lowest BCUT2D eigenvalue weighted by Crippen LogP contribution is -2.54. The molecule has 0 aromatic heterocycles. The fraction of sp³-hybridized carbons (Fsp3) is 0.750. The average molecular weight is 334 g/mol. The quantitative estimate of drug-likeness (QED) is 0.418. The largest absolute Gasteiger partial charge is 0.456 e. The van der Waals surface area contributed by atoms with E-state index in [1.807, 2.05) is 6.92 Å². The molecule has 2 bridgehead atoms. The summed E-state index contributed by atoms with van der Waals surface area (Å²) in [5.74, 6) is -0.0506. The topological polar surface area (TPSA) is 55.8 Å². The number of rotatable bonds is 0. The molecule has 0 aromatic carbocycles. The molecule has 0 aliphatic carbocycles. The molecule has 0 saturated carbocycles. The maximum atomic E-state index is 12.0. The first-order chi connectivity index (χ1) is 11.3. The number of fused-ring (bicyclic) bond motifs is 4. The molecule has 0 spiro atoms. The van der Waals surface area contributed by atoms with Crippen molar-refractivity contribution in [3.05, 3.63) is 23.8 Å². The van der Waals surface area contributed by atoms with Crippen molar-refractivity contribution in [1.29, 1.82) is 0 Å². The van der Waals surface area contributed by atoms with Crippen LogP contribution in [0.5, 0.6) is 0 Å². The number of carbonyl (C=O) groups is 1. The summed E-state index contributed by atoms with van der Waals surface area (Å²) in [5, 5.41) is 11.0. The first-order valence-electron chi connectivity index (χ1n) is 9.23. The van der Waals surface area contributed by atoms with Gasteiger partial charge in [-0.1, -0.05) is 25.2 Å². The smallest absolute Gasteiger partial charge is 0.334 e. The highest BCUT2D eigenvalue weighted by atomic mass is 16.6. The summed E-state index contributed by atoms with van der Waals surface area (Å²) in [6, 6.07) is 0. The number of allylic oxidation sites excluding steroid dienone is 2. The Kier molecular flexibility index (Phi) is 4.89. The van der Waals surface area contributed by atoms with Gasteiger partial charge in [-0.15, -0.1) is 0 Å². The van der Waals surface area contributed by atoms with Crippen LogP contribution in [0.15, 0.2) is 23.8 Å². The van der Waals surface area contributed by atoms with Crippen molar-refractivity contribution in [2.45, 2.75) is 83.2 Å². The van der Waals surface area contributed by atoms with Crippen molar-refractivity contribution in [3.8, 4) is 0 Å². The third kappa shape index (κ3) is 3.31. The number of aliphatic hydroxyl groups is 1. The average Bonchev–Trinajstić information content (AvgIpc) is 2.80. The van der Waals surface area contributed by atoms with Crippen LogP contribution in [0, 0.1) is 11.8 Å². The summed E-state index contributed by atoms with van der Waals surface area (Å²) in [5.41, 5.74) is 1.03. The van der Waals surface area contributed by atoms with Crippen LogP contribution in [-0.2, 0) is 14.3 Å². The SMILES string of the molecule is C=C1C(=O)OC2C1CC1OC2C(C)CCC/C(C)=C\CCC1(C)O. The Bertz CT molecular complexity index is 548. The van der Waals surface area contributed by atoms with E-state index in [9.17, 15) is 9.90 Å². The van der Waals surface area contributed by atoms with Crippen LogP contribution < -0.4 is 0 Å². The molecule has 24 heavy (non-hydrogen) atoms. The van der Waals surface area contributed by atoms with E-state index >= 15 is 0 Å². The van der Waals surface area contributed by atoms with E-state index in [1.54, 1.807) is 0 Å². The van der Waals surface area contributed by atoms with E-state index in [0.29, 0.717) is 18.4 Å². The second kappa shape index (κ2) is 6.64. The molecule has 0 aromatic rings. The highest BCUT2D eigenvalue weighted by molar-refractivity contribution is 5.90. The zero-order valence-corrected chi connectivity index (χ0v) is 15.1. The molecule has 4 nitrogen and oxygen atoms in total. The van der Waals surface area contributed by atoms with Crippen molar-refractivity contribution in [1.82, 2.24) is 0 Å². The van der Waals surface area contributed by atoms with E-state index < -0.39 is 5.60 Å². The summed E-state index contributed by atoms with van der Waals surface area (Å²) in [7, 11) is 0. The van der Waals surface area contributed by atoms with Crippen LogP contribution in [0.2, 0.25) is 0 Å². The minimum absolute atomic E-state index is 0.0320. The van der Waals surface area contributed by atoms with E-state index in [2.05, 4.69) is 26.5 Å². The van der Waals surface area contributed by atoms with Gasteiger partial charge in [-0.3, -0.25) is 0 Å². The number of carbonyl (C=O) groups excluding carboxylic acids is 1. The fourth-order valence-corrected chi connectivity index (χ4v) is 4.36. The van der Waals surface area contributed by atoms with Gasteiger partial charge in [0, 0.05) is 11.5 Å². The molecule has 2 fully saturated rings. The van der Waals surface area contributed by atoms with Crippen LogP contribution in [-0.4, -0.2) is 35.0 Å². The summed E-state index contributed by atoms with van der Waals surface area (Å²) in [4.78, 5) is 12.0. The van der Waals surface area contributed by atoms with Gasteiger partial charge in [-0.25, -0.2) is 4.79 Å². The highest BCUT2D eigenvalue weighted by Gasteiger charge is 2.53. The molecular formula is C20H30O4. The predicted molar refractivity (Wildman–Crippen MR) is 92.4 cm³/mol. The van der Waals surface area contributed by atoms with Crippen LogP contribution >= 0.6 is 0 Å². The van der Waals surface area contributed by atoms with Gasteiger partial charge in [0.1, 0.15) is 6.10 Å². The van der Waals surface area contributed by atoms with Gasteiger partial charge in [0.05, 0.1) is 17.8 Å².